The van der Waals surface area contributed by atoms with E-state index in [2.05, 4.69) is 5.10 Å². The van der Waals surface area contributed by atoms with E-state index in [9.17, 15) is 4.39 Å². The normalized spacial score (nSPS) is 10.5. The number of methoxy groups -OCH3 is 1. The molecule has 1 aromatic carbocycles. The van der Waals surface area contributed by atoms with Crippen molar-refractivity contribution in [3.63, 3.8) is 0 Å². The van der Waals surface area contributed by atoms with Gasteiger partial charge in [0.15, 0.2) is 11.6 Å². The van der Waals surface area contributed by atoms with E-state index in [0.29, 0.717) is 5.56 Å². The van der Waals surface area contributed by atoms with E-state index in [1.165, 1.54) is 25.5 Å². The highest BCUT2D eigenvalue weighted by Gasteiger charge is 2.00. The summed E-state index contributed by atoms with van der Waals surface area (Å²) < 4.78 is 17.7. The summed E-state index contributed by atoms with van der Waals surface area (Å²) in [4.78, 5) is 0. The number of ether oxygens (including phenoxy) is 1. The molecule has 0 radical (unpaired) electrons. The van der Waals surface area contributed by atoms with E-state index in [0.717, 1.165) is 0 Å². The van der Waals surface area contributed by atoms with Crippen LogP contribution in [0.25, 0.3) is 0 Å². The first-order valence-electron chi connectivity index (χ1n) is 3.34. The van der Waals surface area contributed by atoms with Gasteiger partial charge in [0.25, 0.3) is 0 Å². The molecule has 1 aromatic rings. The summed E-state index contributed by atoms with van der Waals surface area (Å²) in [6, 6.07) is 4.49. The number of hydrogen-bond donors (Lipinski definition) is 1. The number of benzene rings is 1. The first kappa shape index (κ1) is 8.52. The van der Waals surface area contributed by atoms with Crippen LogP contribution in [0.2, 0.25) is 0 Å². The van der Waals surface area contributed by atoms with Crippen LogP contribution in [0.1, 0.15) is 5.56 Å². The van der Waals surface area contributed by atoms with Crippen LogP contribution in [0.3, 0.4) is 0 Å². The van der Waals surface area contributed by atoms with Gasteiger partial charge in [-0.15, -0.1) is 0 Å². The van der Waals surface area contributed by atoms with Gasteiger partial charge in [-0.2, -0.15) is 5.10 Å². The molecule has 0 aliphatic rings. The SMILES string of the molecule is COc1ccc(/C=N/N)cc1F. The summed E-state index contributed by atoms with van der Waals surface area (Å²) >= 11 is 0. The lowest BCUT2D eigenvalue weighted by molar-refractivity contribution is 0.386. The molecule has 1 rings (SSSR count). The molecule has 4 heteroatoms. The molecule has 0 aromatic heterocycles. The van der Waals surface area contributed by atoms with E-state index >= 15 is 0 Å². The predicted octanol–water partition coefficient (Wildman–Crippen LogP) is 1.13. The lowest BCUT2D eigenvalue weighted by atomic mass is 10.2. The first-order valence-corrected chi connectivity index (χ1v) is 3.34. The van der Waals surface area contributed by atoms with Gasteiger partial charge in [-0.1, -0.05) is 0 Å². The van der Waals surface area contributed by atoms with Crippen molar-refractivity contribution in [2.24, 2.45) is 10.9 Å². The van der Waals surface area contributed by atoms with Gasteiger partial charge in [0, 0.05) is 0 Å². The zero-order valence-electron chi connectivity index (χ0n) is 6.62. The van der Waals surface area contributed by atoms with Crippen LogP contribution in [-0.4, -0.2) is 13.3 Å². The molecule has 0 heterocycles. The lowest BCUT2D eigenvalue weighted by Crippen LogP contribution is -1.91. The van der Waals surface area contributed by atoms with E-state index in [1.54, 1.807) is 6.07 Å². The molecular weight excluding hydrogens is 159 g/mol. The molecule has 12 heavy (non-hydrogen) atoms. The first-order chi connectivity index (χ1) is 5.77. The molecule has 0 saturated carbocycles. The second kappa shape index (κ2) is 3.71. The second-order valence-electron chi connectivity index (χ2n) is 2.17. The van der Waals surface area contributed by atoms with Gasteiger partial charge in [-0.3, -0.25) is 0 Å². The van der Waals surface area contributed by atoms with Gasteiger partial charge in [0.1, 0.15) is 0 Å². The molecule has 64 valence electrons. The Hall–Kier alpha value is -1.58. The molecule has 0 atom stereocenters. The van der Waals surface area contributed by atoms with Gasteiger partial charge in [0.2, 0.25) is 0 Å². The summed E-state index contributed by atoms with van der Waals surface area (Å²) in [6.07, 6.45) is 1.36. The third-order valence-corrected chi connectivity index (χ3v) is 1.40. The topological polar surface area (TPSA) is 47.6 Å². The van der Waals surface area contributed by atoms with Crippen molar-refractivity contribution in [2.75, 3.05) is 7.11 Å². The largest absolute Gasteiger partial charge is 0.494 e. The van der Waals surface area contributed by atoms with Crippen LogP contribution < -0.4 is 10.6 Å². The Balaban J connectivity index is 3.01. The quantitative estimate of drug-likeness (QED) is 0.408. The maximum atomic E-state index is 12.9. The van der Waals surface area contributed by atoms with Gasteiger partial charge in [0.05, 0.1) is 13.3 Å². The maximum Gasteiger partial charge on any atom is 0.165 e. The zero-order chi connectivity index (χ0) is 8.97. The third-order valence-electron chi connectivity index (χ3n) is 1.40. The molecule has 0 aliphatic heterocycles. The van der Waals surface area contributed by atoms with Gasteiger partial charge in [-0.05, 0) is 23.8 Å². The van der Waals surface area contributed by atoms with E-state index in [4.69, 9.17) is 10.6 Å². The molecule has 0 saturated heterocycles. The monoisotopic (exact) mass is 168 g/mol. The molecule has 0 fully saturated rings. The van der Waals surface area contributed by atoms with Crippen molar-refractivity contribution in [2.45, 2.75) is 0 Å². The van der Waals surface area contributed by atoms with Crippen LogP contribution in [0.15, 0.2) is 23.3 Å². The molecule has 0 amide bonds. The van der Waals surface area contributed by atoms with Crippen molar-refractivity contribution >= 4 is 6.21 Å². The molecule has 2 N–H and O–H groups in total. The van der Waals surface area contributed by atoms with Crippen molar-refractivity contribution in [3.8, 4) is 5.75 Å². The average Bonchev–Trinajstić information content (AvgIpc) is 2.05. The fourth-order valence-electron chi connectivity index (χ4n) is 0.849. The lowest BCUT2D eigenvalue weighted by Gasteiger charge is -2.00. The van der Waals surface area contributed by atoms with Crippen LogP contribution in [0, 0.1) is 5.82 Å². The summed E-state index contributed by atoms with van der Waals surface area (Å²) in [6.45, 7) is 0. The van der Waals surface area contributed by atoms with E-state index < -0.39 is 5.82 Å². The predicted molar refractivity (Wildman–Crippen MR) is 44.7 cm³/mol. The van der Waals surface area contributed by atoms with E-state index in [-0.39, 0.29) is 5.75 Å². The molecule has 0 unspecified atom stereocenters. The van der Waals surface area contributed by atoms with E-state index in [1.807, 2.05) is 0 Å². The Kier molecular flexibility index (Phi) is 2.63. The minimum Gasteiger partial charge on any atom is -0.494 e. The molecule has 3 nitrogen and oxygen atoms in total. The molecular formula is C8H9FN2O. The molecule has 0 aliphatic carbocycles. The van der Waals surface area contributed by atoms with Crippen LogP contribution >= 0.6 is 0 Å². The summed E-state index contributed by atoms with van der Waals surface area (Å²) in [7, 11) is 1.41. The summed E-state index contributed by atoms with van der Waals surface area (Å²) in [5, 5.41) is 3.27. The average molecular weight is 168 g/mol. The highest BCUT2D eigenvalue weighted by molar-refractivity contribution is 5.79. The molecule has 0 bridgehead atoms. The smallest absolute Gasteiger partial charge is 0.165 e. The van der Waals surface area contributed by atoms with Crippen LogP contribution in [0.4, 0.5) is 4.39 Å². The summed E-state index contributed by atoms with van der Waals surface area (Å²) in [5.41, 5.74) is 0.607. The Labute approximate surface area is 69.6 Å². The minimum atomic E-state index is -0.421. The number of nitrogens with zero attached hydrogens (tertiary/aromatic N) is 1. The Morgan fingerprint density at radius 1 is 1.58 bits per heavy atom. The number of hydrazone groups is 1. The second-order valence-corrected chi connectivity index (χ2v) is 2.17. The minimum absolute atomic E-state index is 0.212. The third kappa shape index (κ3) is 1.72. The fourth-order valence-corrected chi connectivity index (χ4v) is 0.849. The van der Waals surface area contributed by atoms with Gasteiger partial charge >= 0.3 is 0 Å². The van der Waals surface area contributed by atoms with Gasteiger partial charge in [-0.25, -0.2) is 4.39 Å². The van der Waals surface area contributed by atoms with Crippen molar-refractivity contribution < 1.29 is 9.13 Å². The Morgan fingerprint density at radius 3 is 2.83 bits per heavy atom. The fraction of sp³-hybridized carbons (Fsp3) is 0.125. The highest BCUT2D eigenvalue weighted by atomic mass is 19.1. The van der Waals surface area contributed by atoms with Crippen molar-refractivity contribution in [1.29, 1.82) is 0 Å². The Bertz CT molecular complexity index is 299. The van der Waals surface area contributed by atoms with Gasteiger partial charge < -0.3 is 10.6 Å². The number of rotatable bonds is 2. The van der Waals surface area contributed by atoms with Crippen LogP contribution in [-0.2, 0) is 0 Å². The highest BCUT2D eigenvalue weighted by Crippen LogP contribution is 2.16. The Morgan fingerprint density at radius 2 is 2.33 bits per heavy atom. The molecule has 0 spiro atoms. The van der Waals surface area contributed by atoms with Crippen molar-refractivity contribution in [1.82, 2.24) is 0 Å². The van der Waals surface area contributed by atoms with Crippen LogP contribution in [0.5, 0.6) is 5.75 Å². The number of halogens is 1. The summed E-state index contributed by atoms with van der Waals surface area (Å²) in [5.74, 6) is 4.69. The zero-order valence-corrected chi connectivity index (χ0v) is 6.62. The number of hydrogen-bond acceptors (Lipinski definition) is 3. The van der Waals surface area contributed by atoms with Crippen molar-refractivity contribution in [3.05, 3.63) is 29.6 Å². The standard InChI is InChI=1S/C8H9FN2O/c1-12-8-3-2-6(5-11-10)4-7(8)9/h2-5H,10H2,1H3/b11-5+. The maximum absolute atomic E-state index is 12.9. The number of nitrogens with two attached hydrogens (primary N) is 1.